The molecule has 2 aromatic carbocycles. The molecule has 0 bridgehead atoms. The summed E-state index contributed by atoms with van der Waals surface area (Å²) in [5.74, 6) is 0. The number of nitro groups is 2. The Morgan fingerprint density at radius 3 is 2.41 bits per heavy atom. The highest BCUT2D eigenvalue weighted by atomic mass is 32.2. The van der Waals surface area contributed by atoms with Gasteiger partial charge in [-0.3, -0.25) is 20.2 Å². The number of aromatic amines is 1. The largest absolute Gasteiger partial charge is 0.349 e. The molecule has 0 saturated carbocycles. The molecule has 22 heavy (non-hydrogen) atoms. The van der Waals surface area contributed by atoms with E-state index in [1.54, 1.807) is 0 Å². The Balaban J connectivity index is 2.00. The molecule has 3 aromatic rings. The van der Waals surface area contributed by atoms with Crippen molar-refractivity contribution in [3.63, 3.8) is 0 Å². The molecule has 0 aliphatic heterocycles. The number of nitrogens with zero attached hydrogens (tertiary/aromatic N) is 2. The molecule has 0 radical (unpaired) electrons. The number of nitro benzene ring substituents is 2. The van der Waals surface area contributed by atoms with Gasteiger partial charge in [0.15, 0.2) is 0 Å². The molecule has 1 N–H and O–H groups in total. The summed E-state index contributed by atoms with van der Waals surface area (Å²) in [6.45, 7) is 0. The fraction of sp³-hybridized carbons (Fsp3) is 0. The topological polar surface area (TPSA) is 102 Å². The van der Waals surface area contributed by atoms with Crippen molar-refractivity contribution < 1.29 is 9.85 Å². The molecule has 0 amide bonds. The Labute approximate surface area is 128 Å². The molecule has 0 aliphatic rings. The Bertz CT molecular complexity index is 858. The first-order valence-corrected chi connectivity index (χ1v) is 7.04. The third kappa shape index (κ3) is 2.63. The summed E-state index contributed by atoms with van der Waals surface area (Å²) in [6, 6.07) is 13.1. The molecular formula is C14H9N3O4S. The zero-order valence-corrected chi connectivity index (χ0v) is 11.9. The number of H-pyrrole nitrogens is 1. The second kappa shape index (κ2) is 5.49. The zero-order valence-electron chi connectivity index (χ0n) is 11.1. The van der Waals surface area contributed by atoms with Crippen LogP contribution in [0.4, 0.5) is 11.4 Å². The number of para-hydroxylation sites is 1. The van der Waals surface area contributed by atoms with Gasteiger partial charge in [0, 0.05) is 17.0 Å². The van der Waals surface area contributed by atoms with Crippen molar-refractivity contribution in [2.75, 3.05) is 0 Å². The Hall–Kier alpha value is -2.87. The summed E-state index contributed by atoms with van der Waals surface area (Å²) >= 11 is 1.17. The van der Waals surface area contributed by atoms with Gasteiger partial charge < -0.3 is 4.98 Å². The first kappa shape index (κ1) is 14.1. The van der Waals surface area contributed by atoms with E-state index in [0.29, 0.717) is 4.90 Å². The number of hydrogen-bond donors (Lipinski definition) is 1. The van der Waals surface area contributed by atoms with Crippen LogP contribution in [0.3, 0.4) is 0 Å². The summed E-state index contributed by atoms with van der Waals surface area (Å²) in [5, 5.41) is 23.6. The summed E-state index contributed by atoms with van der Waals surface area (Å²) < 4.78 is 0. The molecule has 0 saturated heterocycles. The van der Waals surface area contributed by atoms with Crippen molar-refractivity contribution in [1.82, 2.24) is 4.98 Å². The zero-order chi connectivity index (χ0) is 15.7. The van der Waals surface area contributed by atoms with Crippen LogP contribution in [0.25, 0.3) is 10.9 Å². The highest BCUT2D eigenvalue weighted by Crippen LogP contribution is 2.37. The molecule has 0 aliphatic carbocycles. The van der Waals surface area contributed by atoms with Crippen molar-refractivity contribution in [2.24, 2.45) is 0 Å². The maximum atomic E-state index is 11.1. The van der Waals surface area contributed by atoms with E-state index in [-0.39, 0.29) is 11.4 Å². The number of aromatic nitrogens is 1. The van der Waals surface area contributed by atoms with E-state index in [1.165, 1.54) is 23.9 Å². The average Bonchev–Trinajstić information content (AvgIpc) is 2.89. The van der Waals surface area contributed by atoms with Gasteiger partial charge in [0.2, 0.25) is 0 Å². The van der Waals surface area contributed by atoms with Gasteiger partial charge in [0.1, 0.15) is 0 Å². The standard InChI is InChI=1S/C14H9N3O4S/c18-16(19)10-5-6-13(12(8-10)17(20)21)22-14-7-9-3-1-2-4-11(9)15-14/h1-8,15H. The van der Waals surface area contributed by atoms with Gasteiger partial charge in [-0.05, 0) is 18.2 Å². The van der Waals surface area contributed by atoms with Crippen LogP contribution in [0.5, 0.6) is 0 Å². The molecule has 8 heteroatoms. The smallest absolute Gasteiger partial charge is 0.290 e. The summed E-state index contributed by atoms with van der Waals surface area (Å²) in [7, 11) is 0. The maximum Gasteiger partial charge on any atom is 0.290 e. The van der Waals surface area contributed by atoms with Gasteiger partial charge >= 0.3 is 0 Å². The summed E-state index contributed by atoms with van der Waals surface area (Å²) in [6.07, 6.45) is 0. The third-order valence-electron chi connectivity index (χ3n) is 3.08. The number of hydrogen-bond acceptors (Lipinski definition) is 5. The number of nitrogens with one attached hydrogen (secondary N) is 1. The molecule has 0 spiro atoms. The predicted molar refractivity (Wildman–Crippen MR) is 82.2 cm³/mol. The number of non-ortho nitro benzene ring substituents is 1. The molecule has 1 aromatic heterocycles. The average molecular weight is 315 g/mol. The molecule has 3 rings (SSSR count). The quantitative estimate of drug-likeness (QED) is 0.576. The highest BCUT2D eigenvalue weighted by molar-refractivity contribution is 7.99. The van der Waals surface area contributed by atoms with Crippen molar-refractivity contribution in [2.45, 2.75) is 9.92 Å². The summed E-state index contributed by atoms with van der Waals surface area (Å²) in [4.78, 5) is 24.1. The van der Waals surface area contributed by atoms with E-state index in [0.717, 1.165) is 22.0 Å². The monoisotopic (exact) mass is 315 g/mol. The molecule has 0 atom stereocenters. The van der Waals surface area contributed by atoms with E-state index >= 15 is 0 Å². The number of rotatable bonds is 4. The molecule has 1 heterocycles. The lowest BCUT2D eigenvalue weighted by molar-refractivity contribution is -0.396. The van der Waals surface area contributed by atoms with Crippen LogP contribution in [0, 0.1) is 20.2 Å². The van der Waals surface area contributed by atoms with Crippen LogP contribution >= 0.6 is 11.8 Å². The lowest BCUT2D eigenvalue weighted by Crippen LogP contribution is -1.94. The maximum absolute atomic E-state index is 11.1. The van der Waals surface area contributed by atoms with Gasteiger partial charge in [-0.2, -0.15) is 0 Å². The van der Waals surface area contributed by atoms with Crippen LogP contribution in [0.1, 0.15) is 0 Å². The molecule has 7 nitrogen and oxygen atoms in total. The minimum atomic E-state index is -0.648. The predicted octanol–water partition coefficient (Wildman–Crippen LogP) is 4.14. The summed E-state index contributed by atoms with van der Waals surface area (Å²) in [5.41, 5.74) is 0.347. The minimum Gasteiger partial charge on any atom is -0.349 e. The fourth-order valence-electron chi connectivity index (χ4n) is 2.07. The first-order valence-electron chi connectivity index (χ1n) is 6.23. The highest BCUT2D eigenvalue weighted by Gasteiger charge is 2.20. The van der Waals surface area contributed by atoms with Crippen molar-refractivity contribution in [1.29, 1.82) is 0 Å². The van der Waals surface area contributed by atoms with Crippen molar-refractivity contribution >= 4 is 34.0 Å². The van der Waals surface area contributed by atoms with E-state index in [9.17, 15) is 20.2 Å². The third-order valence-corrected chi connectivity index (χ3v) is 4.08. The van der Waals surface area contributed by atoms with E-state index in [2.05, 4.69) is 4.98 Å². The van der Waals surface area contributed by atoms with E-state index in [1.807, 2.05) is 30.3 Å². The van der Waals surface area contributed by atoms with E-state index < -0.39 is 9.85 Å². The van der Waals surface area contributed by atoms with Gasteiger partial charge in [-0.15, -0.1) is 0 Å². The minimum absolute atomic E-state index is 0.280. The van der Waals surface area contributed by atoms with Crippen LogP contribution < -0.4 is 0 Å². The fourth-order valence-corrected chi connectivity index (χ4v) is 3.03. The lowest BCUT2D eigenvalue weighted by Gasteiger charge is -2.01. The van der Waals surface area contributed by atoms with Crippen LogP contribution in [0.2, 0.25) is 0 Å². The van der Waals surface area contributed by atoms with Crippen molar-refractivity contribution in [3.05, 3.63) is 68.8 Å². The second-order valence-corrected chi connectivity index (χ2v) is 5.57. The van der Waals surface area contributed by atoms with Gasteiger partial charge in [-0.1, -0.05) is 30.0 Å². The Morgan fingerprint density at radius 1 is 0.955 bits per heavy atom. The second-order valence-electron chi connectivity index (χ2n) is 4.49. The van der Waals surface area contributed by atoms with Gasteiger partial charge in [0.25, 0.3) is 11.4 Å². The molecular weight excluding hydrogens is 306 g/mol. The lowest BCUT2D eigenvalue weighted by atomic mass is 10.3. The van der Waals surface area contributed by atoms with Crippen molar-refractivity contribution in [3.8, 4) is 0 Å². The van der Waals surface area contributed by atoms with Crippen LogP contribution in [-0.2, 0) is 0 Å². The first-order chi connectivity index (χ1) is 10.5. The molecule has 110 valence electrons. The van der Waals surface area contributed by atoms with Crippen LogP contribution in [0.15, 0.2) is 58.5 Å². The van der Waals surface area contributed by atoms with Gasteiger partial charge in [0.05, 0.1) is 25.8 Å². The van der Waals surface area contributed by atoms with E-state index in [4.69, 9.17) is 0 Å². The van der Waals surface area contributed by atoms with Crippen LogP contribution in [-0.4, -0.2) is 14.8 Å². The normalized spacial score (nSPS) is 10.7. The SMILES string of the molecule is O=[N+]([O-])c1ccc(Sc2cc3ccccc3[nH]2)c([N+](=O)[O-])c1. The molecule has 0 fully saturated rings. The Morgan fingerprint density at radius 2 is 1.73 bits per heavy atom. The molecule has 0 unspecified atom stereocenters. The number of benzene rings is 2. The Kier molecular flexibility index (Phi) is 3.51. The van der Waals surface area contributed by atoms with Gasteiger partial charge in [-0.25, -0.2) is 0 Å². The number of fused-ring (bicyclic) bond motifs is 1.